The van der Waals surface area contributed by atoms with E-state index in [9.17, 15) is 0 Å². The minimum absolute atomic E-state index is 0. The maximum atomic E-state index is 5.82. The number of benzene rings is 2. The predicted octanol–water partition coefficient (Wildman–Crippen LogP) is 4.10. The molecule has 2 unspecified atom stereocenters. The second-order valence-corrected chi connectivity index (χ2v) is 7.95. The lowest BCUT2D eigenvalue weighted by atomic mass is 10.0. The van der Waals surface area contributed by atoms with Crippen LogP contribution in [0.4, 0.5) is 0 Å². The number of ether oxygens (including phenoxy) is 1. The minimum atomic E-state index is 0. The topological polar surface area (TPSA) is 76.4 Å². The third kappa shape index (κ3) is 5.79. The normalized spacial score (nSPS) is 16.3. The Kier molecular flexibility index (Phi) is 8.49. The van der Waals surface area contributed by atoms with E-state index in [1.165, 1.54) is 5.56 Å². The highest BCUT2D eigenvalue weighted by Crippen LogP contribution is 2.31. The smallest absolute Gasteiger partial charge is 0.192 e. The summed E-state index contributed by atoms with van der Waals surface area (Å²) in [5.41, 5.74) is 2.46. The zero-order chi connectivity index (χ0) is 21.6. The average Bonchev–Trinajstić information content (AvgIpc) is 3.13. The molecule has 0 saturated carbocycles. The molecule has 3 aromatic rings. The lowest BCUT2D eigenvalue weighted by molar-refractivity contribution is 0.261. The van der Waals surface area contributed by atoms with Crippen LogP contribution in [0.2, 0.25) is 0 Å². The lowest BCUT2D eigenvalue weighted by Gasteiger charge is -2.28. The van der Waals surface area contributed by atoms with Crippen LogP contribution >= 0.6 is 24.0 Å². The number of fused-ring (bicyclic) bond motifs is 1. The van der Waals surface area contributed by atoms with Crippen molar-refractivity contribution in [1.29, 1.82) is 0 Å². The molecule has 1 aliphatic heterocycles. The fraction of sp³-hybridized carbons (Fsp3) is 0.375. The number of aromatic nitrogens is 3. The molecule has 2 heterocycles. The summed E-state index contributed by atoms with van der Waals surface area (Å²) in [5.74, 6) is 3.77. The van der Waals surface area contributed by atoms with Crippen molar-refractivity contribution in [3.8, 4) is 5.75 Å². The van der Waals surface area contributed by atoms with Crippen LogP contribution < -0.4 is 15.4 Å². The van der Waals surface area contributed by atoms with Gasteiger partial charge in [-0.2, -0.15) is 0 Å². The van der Waals surface area contributed by atoms with E-state index in [0.717, 1.165) is 41.9 Å². The van der Waals surface area contributed by atoms with Gasteiger partial charge in [0.1, 0.15) is 18.1 Å². The third-order valence-corrected chi connectivity index (χ3v) is 5.78. The molecule has 1 aromatic heterocycles. The molecule has 0 bridgehead atoms. The molecule has 170 valence electrons. The highest BCUT2D eigenvalue weighted by molar-refractivity contribution is 14.0. The number of rotatable bonds is 6. The first kappa shape index (κ1) is 24.0. The van der Waals surface area contributed by atoms with Crippen molar-refractivity contribution in [1.82, 2.24) is 25.4 Å². The Labute approximate surface area is 206 Å². The van der Waals surface area contributed by atoms with Gasteiger partial charge in [-0.1, -0.05) is 55.5 Å². The lowest BCUT2D eigenvalue weighted by Crippen LogP contribution is -2.42. The van der Waals surface area contributed by atoms with E-state index in [2.05, 4.69) is 58.1 Å². The van der Waals surface area contributed by atoms with Gasteiger partial charge in [0.05, 0.1) is 12.6 Å². The molecule has 1 aliphatic rings. The van der Waals surface area contributed by atoms with E-state index in [0.29, 0.717) is 19.1 Å². The number of para-hydroxylation sites is 1. The zero-order valence-corrected chi connectivity index (χ0v) is 21.1. The second kappa shape index (κ2) is 11.3. The van der Waals surface area contributed by atoms with Gasteiger partial charge in [0.2, 0.25) is 0 Å². The maximum absolute atomic E-state index is 5.82. The number of halogens is 1. The summed E-state index contributed by atoms with van der Waals surface area (Å²) in [6.45, 7) is 6.08. The van der Waals surface area contributed by atoms with Crippen molar-refractivity contribution >= 4 is 29.9 Å². The molecule has 0 aliphatic carbocycles. The van der Waals surface area contributed by atoms with E-state index in [-0.39, 0.29) is 30.0 Å². The van der Waals surface area contributed by atoms with Gasteiger partial charge in [-0.3, -0.25) is 0 Å². The van der Waals surface area contributed by atoms with E-state index in [4.69, 9.17) is 9.73 Å². The van der Waals surface area contributed by atoms with Gasteiger partial charge in [0.15, 0.2) is 11.8 Å². The van der Waals surface area contributed by atoms with Crippen LogP contribution in [-0.4, -0.2) is 33.9 Å². The third-order valence-electron chi connectivity index (χ3n) is 5.78. The van der Waals surface area contributed by atoms with Gasteiger partial charge in [0.25, 0.3) is 0 Å². The zero-order valence-electron chi connectivity index (χ0n) is 18.8. The molecule has 32 heavy (non-hydrogen) atoms. The van der Waals surface area contributed by atoms with Crippen LogP contribution in [0.5, 0.6) is 5.75 Å². The van der Waals surface area contributed by atoms with Gasteiger partial charge in [-0.25, -0.2) is 4.99 Å². The Balaban J connectivity index is 0.00000289. The largest absolute Gasteiger partial charge is 0.493 e. The first-order valence-corrected chi connectivity index (χ1v) is 10.8. The van der Waals surface area contributed by atoms with Crippen molar-refractivity contribution in [2.45, 2.75) is 38.8 Å². The van der Waals surface area contributed by atoms with Crippen molar-refractivity contribution in [3.05, 3.63) is 77.4 Å². The Bertz CT molecular complexity index is 1040. The van der Waals surface area contributed by atoms with Gasteiger partial charge in [-0.05, 0) is 24.5 Å². The Morgan fingerprint density at radius 3 is 2.66 bits per heavy atom. The van der Waals surface area contributed by atoms with Crippen LogP contribution in [0.25, 0.3) is 0 Å². The first-order valence-electron chi connectivity index (χ1n) is 10.8. The molecule has 2 N–H and O–H groups in total. The van der Waals surface area contributed by atoms with E-state index in [1.807, 2.05) is 42.8 Å². The average molecular weight is 546 g/mol. The highest BCUT2D eigenvalue weighted by Gasteiger charge is 2.22. The van der Waals surface area contributed by atoms with Gasteiger partial charge < -0.3 is 19.9 Å². The molecular weight excluding hydrogens is 515 g/mol. The number of nitrogens with one attached hydrogen (secondary N) is 2. The molecule has 0 spiro atoms. The van der Waals surface area contributed by atoms with Crippen molar-refractivity contribution in [3.63, 3.8) is 0 Å². The summed E-state index contributed by atoms with van der Waals surface area (Å²) in [4.78, 5) is 4.83. The molecule has 2 atom stereocenters. The van der Waals surface area contributed by atoms with Crippen LogP contribution in [0.1, 0.15) is 48.1 Å². The predicted molar refractivity (Wildman–Crippen MR) is 138 cm³/mol. The molecule has 0 radical (unpaired) electrons. The number of nitrogens with zero attached hydrogens (tertiary/aromatic N) is 4. The number of hydrogen-bond acceptors (Lipinski definition) is 4. The molecule has 8 heteroatoms. The Hall–Kier alpha value is -2.62. The monoisotopic (exact) mass is 546 g/mol. The summed E-state index contributed by atoms with van der Waals surface area (Å²) < 4.78 is 7.79. The van der Waals surface area contributed by atoms with Gasteiger partial charge in [0, 0.05) is 25.6 Å². The molecule has 7 nitrogen and oxygen atoms in total. The van der Waals surface area contributed by atoms with Gasteiger partial charge >= 0.3 is 0 Å². The highest BCUT2D eigenvalue weighted by atomic mass is 127. The van der Waals surface area contributed by atoms with E-state index < -0.39 is 0 Å². The van der Waals surface area contributed by atoms with Crippen LogP contribution in [0, 0.1) is 6.92 Å². The quantitative estimate of drug-likeness (QED) is 0.277. The Morgan fingerprint density at radius 2 is 1.91 bits per heavy atom. The summed E-state index contributed by atoms with van der Waals surface area (Å²) in [6.07, 6.45) is 0.884. The number of aliphatic imine (C=N–C) groups is 1. The molecule has 0 fully saturated rings. The molecule has 0 amide bonds. The Morgan fingerprint density at radius 1 is 1.16 bits per heavy atom. The van der Waals surface area contributed by atoms with Crippen LogP contribution in [0.3, 0.4) is 0 Å². The fourth-order valence-corrected chi connectivity index (χ4v) is 3.70. The maximum Gasteiger partial charge on any atom is 0.192 e. The fourth-order valence-electron chi connectivity index (χ4n) is 3.70. The van der Waals surface area contributed by atoms with Crippen molar-refractivity contribution in [2.75, 3.05) is 13.2 Å². The number of aryl methyl sites for hydroxylation is 1. The van der Waals surface area contributed by atoms with Crippen LogP contribution in [-0.2, 0) is 13.6 Å². The van der Waals surface area contributed by atoms with Crippen LogP contribution in [0.15, 0.2) is 59.6 Å². The summed E-state index contributed by atoms with van der Waals surface area (Å²) in [5, 5.41) is 15.5. The minimum Gasteiger partial charge on any atom is -0.493 e. The summed E-state index contributed by atoms with van der Waals surface area (Å²) in [7, 11) is 1.97. The van der Waals surface area contributed by atoms with Crippen molar-refractivity contribution in [2.24, 2.45) is 12.0 Å². The summed E-state index contributed by atoms with van der Waals surface area (Å²) in [6, 6.07) is 18.9. The summed E-state index contributed by atoms with van der Waals surface area (Å²) >= 11 is 0. The molecule has 2 aromatic carbocycles. The van der Waals surface area contributed by atoms with E-state index in [1.54, 1.807) is 0 Å². The molecular formula is C24H31IN6O. The van der Waals surface area contributed by atoms with E-state index >= 15 is 0 Å². The first-order chi connectivity index (χ1) is 15.1. The second-order valence-electron chi connectivity index (χ2n) is 7.95. The standard InChI is InChI=1S/C24H30N6O.HI/c1-17(19-9-5-4-6-10-19)15-25-24(26-16-23-29-28-18(2)30(23)3)27-21-13-14-31-22-12-8-7-11-20(21)22;/h4-12,17,21H,13-16H2,1-3H3,(H2,25,26,27);1H. The number of guanidine groups is 1. The van der Waals surface area contributed by atoms with Crippen molar-refractivity contribution < 1.29 is 4.74 Å². The SMILES string of the molecule is Cc1nnc(CN=C(NCC(C)c2ccccc2)NC2CCOc3ccccc32)n1C.I. The molecule has 0 saturated heterocycles. The number of hydrogen-bond donors (Lipinski definition) is 2. The molecule has 4 rings (SSSR count). The van der Waals surface area contributed by atoms with Gasteiger partial charge in [-0.15, -0.1) is 34.2 Å².